The van der Waals surface area contributed by atoms with Crippen LogP contribution in [0.1, 0.15) is 0 Å². The predicted molar refractivity (Wildman–Crippen MR) is 99.4 cm³/mol. The third kappa shape index (κ3) is 5.35. The Balaban J connectivity index is 2.53. The fraction of sp³-hybridized carbons (Fsp3) is 0.353. The van der Waals surface area contributed by atoms with Crippen LogP contribution in [0.4, 0.5) is 13.2 Å². The van der Waals surface area contributed by atoms with Crippen LogP contribution < -0.4 is 20.8 Å². The number of halogens is 3. The van der Waals surface area contributed by atoms with Crippen LogP contribution >= 0.6 is 12.2 Å². The van der Waals surface area contributed by atoms with E-state index in [1.807, 2.05) is 0 Å². The fourth-order valence-corrected chi connectivity index (χ4v) is 2.79. The molecule has 0 radical (unpaired) electrons. The molecule has 0 spiro atoms. The molecular formula is C17H18F3N3O5S. The molecule has 0 amide bonds. The second kappa shape index (κ2) is 9.09. The number of carbonyl (C=O) groups is 1. The number of ether oxygens (including phenoxy) is 3. The van der Waals surface area contributed by atoms with E-state index in [9.17, 15) is 22.8 Å². The standard InChI is InChI=1S/C17H18F3N3O5S/c1-26-9-3-4-11(13(5-9)27-2)12-6-14(24)22-16(29)23(12)8-10(7-21)28-15(25)17(18,19)20/h3-6,10H,7-8,21H2,1-2H3,(H,22,24,29)/t10-/m0/s1. The minimum Gasteiger partial charge on any atom is -0.497 e. The highest BCUT2D eigenvalue weighted by Crippen LogP contribution is 2.33. The number of alkyl halides is 3. The van der Waals surface area contributed by atoms with Gasteiger partial charge in [0.2, 0.25) is 0 Å². The second-order valence-electron chi connectivity index (χ2n) is 5.76. The molecule has 0 aliphatic carbocycles. The van der Waals surface area contributed by atoms with Crippen LogP contribution in [-0.2, 0) is 16.1 Å². The molecule has 0 saturated heterocycles. The molecule has 158 valence electrons. The lowest BCUT2D eigenvalue weighted by atomic mass is 10.1. The van der Waals surface area contributed by atoms with Crippen LogP contribution in [0.3, 0.4) is 0 Å². The lowest BCUT2D eigenvalue weighted by Crippen LogP contribution is -2.37. The summed E-state index contributed by atoms with van der Waals surface area (Å²) in [4.78, 5) is 25.5. The lowest BCUT2D eigenvalue weighted by molar-refractivity contribution is -0.205. The van der Waals surface area contributed by atoms with E-state index in [1.54, 1.807) is 18.2 Å². The molecule has 0 aliphatic rings. The van der Waals surface area contributed by atoms with Crippen molar-refractivity contribution < 1.29 is 32.2 Å². The summed E-state index contributed by atoms with van der Waals surface area (Å²) in [5.74, 6) is -1.55. The molecule has 1 aromatic carbocycles. The van der Waals surface area contributed by atoms with Gasteiger partial charge in [-0.15, -0.1) is 0 Å². The number of nitrogens with zero attached hydrogens (tertiary/aromatic N) is 1. The molecular weight excluding hydrogens is 415 g/mol. The molecule has 29 heavy (non-hydrogen) atoms. The van der Waals surface area contributed by atoms with E-state index in [-0.39, 0.29) is 17.0 Å². The smallest absolute Gasteiger partial charge is 0.490 e. The molecule has 1 aromatic heterocycles. The average molecular weight is 433 g/mol. The molecule has 1 heterocycles. The molecule has 0 fully saturated rings. The van der Waals surface area contributed by atoms with Crippen LogP contribution in [0.5, 0.6) is 11.5 Å². The minimum atomic E-state index is -5.16. The molecule has 0 aliphatic heterocycles. The number of methoxy groups -OCH3 is 2. The van der Waals surface area contributed by atoms with Gasteiger partial charge >= 0.3 is 12.1 Å². The largest absolute Gasteiger partial charge is 0.497 e. The number of aromatic amines is 1. The Morgan fingerprint density at radius 1 is 1.28 bits per heavy atom. The van der Waals surface area contributed by atoms with Crippen molar-refractivity contribution in [2.75, 3.05) is 20.8 Å². The third-order valence-corrected chi connectivity index (χ3v) is 4.20. The van der Waals surface area contributed by atoms with Crippen molar-refractivity contribution in [1.29, 1.82) is 0 Å². The van der Waals surface area contributed by atoms with E-state index in [0.29, 0.717) is 17.1 Å². The Morgan fingerprint density at radius 2 is 1.97 bits per heavy atom. The summed E-state index contributed by atoms with van der Waals surface area (Å²) >= 11 is 5.15. The maximum atomic E-state index is 12.5. The summed E-state index contributed by atoms with van der Waals surface area (Å²) in [7, 11) is 2.86. The van der Waals surface area contributed by atoms with Crippen LogP contribution in [0.15, 0.2) is 29.1 Å². The van der Waals surface area contributed by atoms with Gasteiger partial charge in [-0.1, -0.05) is 0 Å². The first-order chi connectivity index (χ1) is 13.6. The average Bonchev–Trinajstić information content (AvgIpc) is 2.67. The summed E-state index contributed by atoms with van der Waals surface area (Å²) in [6.45, 7) is -0.722. The number of aromatic nitrogens is 2. The van der Waals surface area contributed by atoms with Gasteiger partial charge in [-0.05, 0) is 24.4 Å². The molecule has 3 N–H and O–H groups in total. The number of H-pyrrole nitrogens is 1. The summed E-state index contributed by atoms with van der Waals surface area (Å²) < 4.78 is 53.6. The molecule has 1 atom stereocenters. The van der Waals surface area contributed by atoms with Gasteiger partial charge in [-0.3, -0.25) is 9.78 Å². The zero-order valence-electron chi connectivity index (χ0n) is 15.4. The van der Waals surface area contributed by atoms with E-state index in [4.69, 9.17) is 27.4 Å². The van der Waals surface area contributed by atoms with Crippen molar-refractivity contribution in [3.05, 3.63) is 39.4 Å². The zero-order valence-corrected chi connectivity index (χ0v) is 16.2. The van der Waals surface area contributed by atoms with Gasteiger partial charge in [0, 0.05) is 24.2 Å². The first kappa shape index (κ1) is 22.4. The van der Waals surface area contributed by atoms with Crippen molar-refractivity contribution >= 4 is 18.2 Å². The normalized spacial score (nSPS) is 12.3. The SMILES string of the molecule is COc1ccc(-c2cc(=O)[nH]c(=S)n2C[C@H](CN)OC(=O)C(F)(F)F)c(OC)c1. The quantitative estimate of drug-likeness (QED) is 0.508. The highest BCUT2D eigenvalue weighted by atomic mass is 32.1. The van der Waals surface area contributed by atoms with E-state index in [1.165, 1.54) is 24.9 Å². The van der Waals surface area contributed by atoms with Crippen LogP contribution in [-0.4, -0.2) is 48.6 Å². The minimum absolute atomic E-state index is 0.0909. The first-order valence-corrected chi connectivity index (χ1v) is 8.56. The molecule has 0 saturated carbocycles. The van der Waals surface area contributed by atoms with E-state index in [2.05, 4.69) is 9.72 Å². The predicted octanol–water partition coefficient (Wildman–Crippen LogP) is 2.02. The molecule has 2 rings (SSSR count). The summed E-state index contributed by atoms with van der Waals surface area (Å²) in [5, 5.41) is 0. The van der Waals surface area contributed by atoms with Crippen molar-refractivity contribution in [2.45, 2.75) is 18.8 Å². The number of esters is 1. The number of hydrogen-bond acceptors (Lipinski definition) is 7. The lowest BCUT2D eigenvalue weighted by Gasteiger charge is -2.21. The topological polar surface area (TPSA) is 109 Å². The van der Waals surface area contributed by atoms with Crippen LogP contribution in [0.25, 0.3) is 11.3 Å². The van der Waals surface area contributed by atoms with Gasteiger partial charge in [-0.2, -0.15) is 13.2 Å². The number of benzene rings is 1. The highest BCUT2D eigenvalue weighted by Gasteiger charge is 2.42. The van der Waals surface area contributed by atoms with Crippen molar-refractivity contribution in [2.24, 2.45) is 5.73 Å². The molecule has 0 bridgehead atoms. The van der Waals surface area contributed by atoms with Crippen molar-refractivity contribution in [1.82, 2.24) is 9.55 Å². The Bertz CT molecular complexity index is 1000. The number of nitrogens with one attached hydrogen (secondary N) is 1. The van der Waals surface area contributed by atoms with Gasteiger partial charge in [0.1, 0.15) is 17.6 Å². The maximum Gasteiger partial charge on any atom is 0.490 e. The monoisotopic (exact) mass is 433 g/mol. The van der Waals surface area contributed by atoms with Gasteiger partial charge < -0.3 is 24.5 Å². The van der Waals surface area contributed by atoms with E-state index >= 15 is 0 Å². The number of rotatable bonds is 7. The Kier molecular flexibility index (Phi) is 7.03. The fourth-order valence-electron chi connectivity index (χ4n) is 2.52. The van der Waals surface area contributed by atoms with Crippen LogP contribution in [0.2, 0.25) is 0 Å². The summed E-state index contributed by atoms with van der Waals surface area (Å²) in [6, 6.07) is 5.96. The van der Waals surface area contributed by atoms with E-state index < -0.39 is 30.4 Å². The summed E-state index contributed by atoms with van der Waals surface area (Å²) in [5.41, 5.74) is 5.59. The molecule has 2 aromatic rings. The second-order valence-corrected chi connectivity index (χ2v) is 6.15. The molecule has 0 unspecified atom stereocenters. The number of nitrogens with two attached hydrogens (primary N) is 1. The Morgan fingerprint density at radius 3 is 2.52 bits per heavy atom. The van der Waals surface area contributed by atoms with Gasteiger partial charge in [-0.25, -0.2) is 4.79 Å². The third-order valence-electron chi connectivity index (χ3n) is 3.87. The van der Waals surface area contributed by atoms with Gasteiger partial charge in [0.25, 0.3) is 5.56 Å². The van der Waals surface area contributed by atoms with Gasteiger partial charge in [0.15, 0.2) is 4.77 Å². The van der Waals surface area contributed by atoms with Crippen LogP contribution in [0, 0.1) is 4.77 Å². The first-order valence-electron chi connectivity index (χ1n) is 8.15. The molecule has 12 heteroatoms. The van der Waals surface area contributed by atoms with Crippen molar-refractivity contribution in [3.8, 4) is 22.8 Å². The Labute approximate surface area is 168 Å². The number of carbonyl (C=O) groups excluding carboxylic acids is 1. The summed E-state index contributed by atoms with van der Waals surface area (Å²) in [6.07, 6.45) is -6.51. The maximum absolute atomic E-state index is 12.5. The van der Waals surface area contributed by atoms with Gasteiger partial charge in [0.05, 0.1) is 26.5 Å². The van der Waals surface area contributed by atoms with Crippen molar-refractivity contribution in [3.63, 3.8) is 0 Å². The number of hydrogen-bond donors (Lipinski definition) is 2. The zero-order chi connectivity index (χ0) is 21.8. The molecule has 8 nitrogen and oxygen atoms in total. The Hall–Kier alpha value is -2.86. The highest BCUT2D eigenvalue weighted by molar-refractivity contribution is 7.71. The van der Waals surface area contributed by atoms with E-state index in [0.717, 1.165) is 0 Å².